The first-order valence-electron chi connectivity index (χ1n) is 14.6. The van der Waals surface area contributed by atoms with Gasteiger partial charge in [-0.25, -0.2) is 9.59 Å². The molecule has 0 aliphatic carbocycles. The molecule has 2 heterocycles. The lowest BCUT2D eigenvalue weighted by Gasteiger charge is -2.28. The van der Waals surface area contributed by atoms with Gasteiger partial charge in [-0.1, -0.05) is 42.5 Å². The monoisotopic (exact) mass is 622 g/mol. The molecule has 46 heavy (non-hydrogen) atoms. The minimum Gasteiger partial charge on any atom is -0.490 e. The van der Waals surface area contributed by atoms with E-state index in [9.17, 15) is 20.0 Å². The van der Waals surface area contributed by atoms with Gasteiger partial charge in [0.25, 0.3) is 0 Å². The molecule has 0 saturated heterocycles. The first-order chi connectivity index (χ1) is 22.3. The second-order valence-electron chi connectivity index (χ2n) is 10.4. The van der Waals surface area contributed by atoms with Crippen molar-refractivity contribution >= 4 is 29.1 Å². The number of para-hydroxylation sites is 1. The minimum absolute atomic E-state index is 0.153. The Morgan fingerprint density at radius 2 is 1.93 bits per heavy atom. The number of ether oxygens (including phenoxy) is 3. The molecular formula is C34H34N6O6. The van der Waals surface area contributed by atoms with E-state index in [0.29, 0.717) is 41.5 Å². The Morgan fingerprint density at radius 1 is 1.15 bits per heavy atom. The van der Waals surface area contributed by atoms with E-state index >= 15 is 0 Å². The molecule has 5 rings (SSSR count). The van der Waals surface area contributed by atoms with Crippen LogP contribution < -0.4 is 25.5 Å². The predicted octanol–water partition coefficient (Wildman–Crippen LogP) is 4.08. The van der Waals surface area contributed by atoms with E-state index in [2.05, 4.69) is 31.8 Å². The van der Waals surface area contributed by atoms with Gasteiger partial charge in [-0.2, -0.15) is 10.4 Å². The lowest BCUT2D eigenvalue weighted by molar-refractivity contribution is -0.136. The van der Waals surface area contributed by atoms with Crippen LogP contribution in [0.1, 0.15) is 42.1 Å². The molecule has 1 aromatic heterocycles. The van der Waals surface area contributed by atoms with Crippen molar-refractivity contribution in [3.63, 3.8) is 0 Å². The molecule has 2 atom stereocenters. The number of aromatic nitrogens is 1. The molecule has 236 valence electrons. The van der Waals surface area contributed by atoms with Crippen LogP contribution in [-0.2, 0) is 16.1 Å². The molecule has 1 aliphatic rings. The third-order valence-electron chi connectivity index (χ3n) is 7.40. The summed E-state index contributed by atoms with van der Waals surface area (Å²) < 4.78 is 18.6. The van der Waals surface area contributed by atoms with Crippen LogP contribution in [0.25, 0.3) is 10.9 Å². The van der Waals surface area contributed by atoms with E-state index in [1.807, 2.05) is 55.6 Å². The summed E-state index contributed by atoms with van der Waals surface area (Å²) in [5, 5.41) is 30.6. The van der Waals surface area contributed by atoms with Crippen molar-refractivity contribution < 1.29 is 28.9 Å². The maximum absolute atomic E-state index is 12.5. The van der Waals surface area contributed by atoms with Crippen LogP contribution in [0.15, 0.2) is 89.3 Å². The van der Waals surface area contributed by atoms with E-state index < -0.39 is 24.3 Å². The summed E-state index contributed by atoms with van der Waals surface area (Å²) in [5.74, 6) is 0.157. The minimum atomic E-state index is -1.15. The quantitative estimate of drug-likeness (QED) is 0.0796. The number of aliphatic hydroxyl groups excluding tert-OH is 1. The summed E-state index contributed by atoms with van der Waals surface area (Å²) in [6.07, 6.45) is 2.43. The zero-order chi connectivity index (χ0) is 32.6. The van der Waals surface area contributed by atoms with E-state index in [4.69, 9.17) is 14.2 Å². The van der Waals surface area contributed by atoms with Gasteiger partial charge >= 0.3 is 12.0 Å². The third-order valence-corrected chi connectivity index (χ3v) is 7.40. The summed E-state index contributed by atoms with van der Waals surface area (Å²) in [6, 6.07) is 21.4. The van der Waals surface area contributed by atoms with Gasteiger partial charge in [0.2, 0.25) is 0 Å². The van der Waals surface area contributed by atoms with Crippen LogP contribution >= 0.6 is 0 Å². The fourth-order valence-electron chi connectivity index (χ4n) is 5.27. The van der Waals surface area contributed by atoms with Crippen molar-refractivity contribution in [1.29, 1.82) is 5.26 Å². The van der Waals surface area contributed by atoms with Crippen LogP contribution in [0.4, 0.5) is 4.79 Å². The molecule has 0 spiro atoms. The molecule has 0 fully saturated rings. The van der Waals surface area contributed by atoms with Gasteiger partial charge in [-0.3, -0.25) is 5.43 Å². The number of nitrogens with one attached hydrogen (secondary N) is 3. The molecule has 4 aromatic rings. The average molecular weight is 623 g/mol. The molecule has 1 aliphatic heterocycles. The van der Waals surface area contributed by atoms with Gasteiger partial charge in [0, 0.05) is 34.9 Å². The maximum atomic E-state index is 12.5. The Balaban J connectivity index is 1.27. The van der Waals surface area contributed by atoms with Crippen molar-refractivity contribution in [2.24, 2.45) is 5.10 Å². The van der Waals surface area contributed by atoms with Gasteiger partial charge in [0.1, 0.15) is 6.61 Å². The molecule has 0 saturated carbocycles. The second kappa shape index (κ2) is 14.3. The number of benzene rings is 3. The number of rotatable bonds is 12. The number of urea groups is 1. The molecule has 0 bridgehead atoms. The van der Waals surface area contributed by atoms with Crippen LogP contribution in [0.2, 0.25) is 0 Å². The van der Waals surface area contributed by atoms with E-state index in [0.717, 1.165) is 22.0 Å². The fraction of sp³-hybridized carbons (Fsp3) is 0.235. The highest BCUT2D eigenvalue weighted by atomic mass is 16.5. The van der Waals surface area contributed by atoms with E-state index in [1.165, 1.54) is 7.11 Å². The normalized spacial score (nSPS) is 15.2. The number of hydrazone groups is 1. The first kappa shape index (κ1) is 31.6. The largest absolute Gasteiger partial charge is 0.490 e. The number of fused-ring (bicyclic) bond motifs is 1. The highest BCUT2D eigenvalue weighted by Crippen LogP contribution is 2.35. The van der Waals surface area contributed by atoms with Crippen molar-refractivity contribution in [3.05, 3.63) is 106 Å². The molecule has 12 heteroatoms. The molecule has 2 amide bonds. The lowest BCUT2D eigenvalue weighted by Crippen LogP contribution is -2.45. The van der Waals surface area contributed by atoms with Crippen LogP contribution in [0.5, 0.6) is 11.5 Å². The SMILES string of the molecule is CCOc1cc([C@H]2NC(=O)NC(C)=C2C(=O)OC)ccc1OC[C@@H](O)N/N=C\c1cn(Cc2ccccc2C#N)c2ccccc12. The van der Waals surface area contributed by atoms with Gasteiger partial charge in [-0.15, -0.1) is 0 Å². The summed E-state index contributed by atoms with van der Waals surface area (Å²) in [4.78, 5) is 24.7. The van der Waals surface area contributed by atoms with Gasteiger partial charge < -0.3 is 34.5 Å². The summed E-state index contributed by atoms with van der Waals surface area (Å²) in [6.45, 7) is 4.14. The lowest BCUT2D eigenvalue weighted by atomic mass is 9.95. The molecule has 4 N–H and O–H groups in total. The zero-order valence-electron chi connectivity index (χ0n) is 25.6. The summed E-state index contributed by atoms with van der Waals surface area (Å²) in [7, 11) is 1.28. The van der Waals surface area contributed by atoms with E-state index in [-0.39, 0.29) is 12.2 Å². The molecular weight excluding hydrogens is 588 g/mol. The van der Waals surface area contributed by atoms with Gasteiger partial charge in [-0.05, 0) is 49.2 Å². The number of methoxy groups -OCH3 is 1. The van der Waals surface area contributed by atoms with Crippen LogP contribution in [-0.4, -0.2) is 54.4 Å². The Labute approximate surface area is 265 Å². The predicted molar refractivity (Wildman–Crippen MR) is 171 cm³/mol. The molecule has 0 radical (unpaired) electrons. The standard InChI is InChI=1S/C34H34N6O6/c1-4-45-29-15-22(32-31(33(42)44-3)21(2)37-34(43)38-32)13-14-28(29)46-20-30(41)39-36-17-25-19-40(27-12-8-7-11-26(25)27)18-24-10-6-5-9-23(24)16-35/h5-15,17,19,30,32,39,41H,4,18,20H2,1-3H3,(H2,37,38,43)/b36-17-/t30-,32-/m1/s1. The zero-order valence-corrected chi connectivity index (χ0v) is 25.6. The molecule has 3 aromatic carbocycles. The van der Waals surface area contributed by atoms with Crippen molar-refractivity contribution in [2.45, 2.75) is 32.7 Å². The van der Waals surface area contributed by atoms with Gasteiger partial charge in [0.15, 0.2) is 17.7 Å². The Bertz CT molecular complexity index is 1860. The average Bonchev–Trinajstić information content (AvgIpc) is 3.40. The molecule has 12 nitrogen and oxygen atoms in total. The highest BCUT2D eigenvalue weighted by Gasteiger charge is 2.32. The Kier molecular flexibility index (Phi) is 9.84. The second-order valence-corrected chi connectivity index (χ2v) is 10.4. The number of carbonyl (C=O) groups excluding carboxylic acids is 2. The number of hydrogen-bond acceptors (Lipinski definition) is 9. The Morgan fingerprint density at radius 3 is 2.72 bits per heavy atom. The fourth-order valence-corrected chi connectivity index (χ4v) is 5.27. The van der Waals surface area contributed by atoms with E-state index in [1.54, 1.807) is 37.4 Å². The number of amides is 2. The third kappa shape index (κ3) is 6.95. The van der Waals surface area contributed by atoms with Crippen molar-refractivity contribution in [1.82, 2.24) is 20.6 Å². The Hall–Kier alpha value is -5.80. The number of allylic oxidation sites excluding steroid dienone is 1. The first-order valence-corrected chi connectivity index (χ1v) is 14.6. The maximum Gasteiger partial charge on any atom is 0.337 e. The summed E-state index contributed by atoms with van der Waals surface area (Å²) >= 11 is 0. The van der Waals surface area contributed by atoms with Crippen molar-refractivity contribution in [3.8, 4) is 17.6 Å². The number of aliphatic hydroxyl groups is 1. The number of hydrogen-bond donors (Lipinski definition) is 4. The molecule has 0 unspecified atom stereocenters. The smallest absolute Gasteiger partial charge is 0.337 e. The van der Waals surface area contributed by atoms with Gasteiger partial charge in [0.05, 0.1) is 43.2 Å². The highest BCUT2D eigenvalue weighted by molar-refractivity contribution is 5.99. The topological polar surface area (TPSA) is 159 Å². The van der Waals surface area contributed by atoms with Crippen molar-refractivity contribution in [2.75, 3.05) is 20.3 Å². The summed E-state index contributed by atoms with van der Waals surface area (Å²) in [5.41, 5.74) is 7.29. The van der Waals surface area contributed by atoms with Crippen LogP contribution in [0, 0.1) is 11.3 Å². The van der Waals surface area contributed by atoms with Crippen LogP contribution in [0.3, 0.4) is 0 Å². The number of carbonyl (C=O) groups is 2. The number of nitrogens with zero attached hydrogens (tertiary/aromatic N) is 3. The number of nitriles is 1. The number of esters is 1.